The first-order valence-electron chi connectivity index (χ1n) is 4.91. The van der Waals surface area contributed by atoms with Crippen molar-refractivity contribution in [3.05, 3.63) is 0 Å². The summed E-state index contributed by atoms with van der Waals surface area (Å²) in [6.45, 7) is 4.54. The van der Waals surface area contributed by atoms with Crippen molar-refractivity contribution in [2.75, 3.05) is 0 Å². The van der Waals surface area contributed by atoms with Crippen LogP contribution >= 0.6 is 0 Å². The molecule has 0 bridgehead atoms. The number of hydrogen-bond donors (Lipinski definition) is 0. The van der Waals surface area contributed by atoms with Gasteiger partial charge in [0.2, 0.25) is 0 Å². The molecule has 0 unspecified atom stereocenters. The lowest BCUT2D eigenvalue weighted by Crippen LogP contribution is -1.77. The van der Waals surface area contributed by atoms with Gasteiger partial charge in [-0.15, -0.1) is 0 Å². The molecule has 10 heavy (non-hydrogen) atoms. The quantitative estimate of drug-likeness (QED) is 0.467. The average molecular weight is 143 g/mol. The Balaban J connectivity index is 0. The Kier molecular flexibility index (Phi) is 9.00. The first-order valence-corrected chi connectivity index (χ1v) is 4.91. The molecule has 0 radical (unpaired) electrons. The van der Waals surface area contributed by atoms with Crippen LogP contribution in [0.25, 0.3) is 0 Å². The van der Waals surface area contributed by atoms with E-state index in [1.54, 1.807) is 0 Å². The molecule has 0 aromatic heterocycles. The van der Waals surface area contributed by atoms with Gasteiger partial charge in [-0.1, -0.05) is 65.2 Å². The fourth-order valence-corrected chi connectivity index (χ4v) is 1.21. The summed E-state index contributed by atoms with van der Waals surface area (Å²) < 4.78 is 0. The van der Waals surface area contributed by atoms with Crippen LogP contribution in [0.1, 0.15) is 66.6 Å². The lowest BCUT2D eigenvalue weighted by molar-refractivity contribution is 0.585. The van der Waals surface area contributed by atoms with Crippen LogP contribution in [-0.4, -0.2) is 0 Å². The smallest absolute Gasteiger partial charge is 0.0654 e. The zero-order valence-electron chi connectivity index (χ0n) is 8.66. The predicted molar refractivity (Wildman–Crippen MR) is 49.4 cm³/mol. The highest BCUT2D eigenvalue weighted by Gasteiger charge is 1.87. The van der Waals surface area contributed by atoms with Crippen molar-refractivity contribution in [2.45, 2.75) is 65.2 Å². The van der Waals surface area contributed by atoms with Crippen molar-refractivity contribution in [3.63, 3.8) is 0 Å². The summed E-state index contributed by atoms with van der Waals surface area (Å²) in [5.41, 5.74) is 0. The molecule has 0 aromatic carbocycles. The number of rotatable bonds is 7. The summed E-state index contributed by atoms with van der Waals surface area (Å²) in [6.07, 6.45) is 11.5. The van der Waals surface area contributed by atoms with E-state index in [4.69, 9.17) is 0 Å². The van der Waals surface area contributed by atoms with Crippen LogP contribution in [0.3, 0.4) is 0 Å². The normalized spacial score (nSPS) is 10.2. The van der Waals surface area contributed by atoms with Gasteiger partial charge < -0.3 is 0 Å². The summed E-state index contributed by atoms with van der Waals surface area (Å²) in [5, 5.41) is 0. The van der Waals surface area contributed by atoms with E-state index in [0.717, 1.165) is 0 Å². The molecule has 0 spiro atoms. The van der Waals surface area contributed by atoms with Crippen LogP contribution in [0.15, 0.2) is 0 Å². The van der Waals surface area contributed by atoms with E-state index in [0.29, 0.717) is 0 Å². The van der Waals surface area contributed by atoms with Crippen LogP contribution < -0.4 is 0 Å². The van der Waals surface area contributed by atoms with Crippen LogP contribution in [0, 0.1) is 0 Å². The molecule has 0 aromatic rings. The first kappa shape index (κ1) is 10.0. The molecular formula is C10H23+. The van der Waals surface area contributed by atoms with Gasteiger partial charge in [0.15, 0.2) is 0 Å². The molecule has 0 fully saturated rings. The molecule has 62 valence electrons. The average Bonchev–Trinajstić information content (AvgIpc) is 1.97. The number of unbranched alkanes of at least 4 members (excludes halogenated alkanes) is 7. The van der Waals surface area contributed by atoms with Crippen molar-refractivity contribution in [2.24, 2.45) is 0 Å². The zero-order chi connectivity index (χ0) is 7.66. The molecule has 0 aliphatic heterocycles. The van der Waals surface area contributed by atoms with Crippen molar-refractivity contribution in [3.8, 4) is 0 Å². The van der Waals surface area contributed by atoms with Gasteiger partial charge in [0, 0.05) is 0 Å². The molecule has 0 saturated heterocycles. The van der Waals surface area contributed by atoms with Crippen molar-refractivity contribution in [1.82, 2.24) is 0 Å². The Labute approximate surface area is 67.5 Å². The van der Waals surface area contributed by atoms with Gasteiger partial charge in [0.1, 0.15) is 0 Å². The molecule has 0 saturated carbocycles. The van der Waals surface area contributed by atoms with E-state index < -0.39 is 0 Å². The maximum absolute atomic E-state index is 2.27. The van der Waals surface area contributed by atoms with E-state index in [2.05, 4.69) is 13.8 Å². The highest BCUT2D eigenvalue weighted by molar-refractivity contribution is 4.43. The lowest BCUT2D eigenvalue weighted by Gasteiger charge is -1.97. The molecule has 0 nitrogen and oxygen atoms in total. The summed E-state index contributed by atoms with van der Waals surface area (Å²) in [7, 11) is 0. The van der Waals surface area contributed by atoms with Gasteiger partial charge in [-0.3, -0.25) is 0 Å². The third-order valence-corrected chi connectivity index (χ3v) is 1.96. The van der Waals surface area contributed by atoms with Crippen molar-refractivity contribution >= 4 is 0 Å². The van der Waals surface area contributed by atoms with Crippen molar-refractivity contribution < 1.29 is 1.43 Å². The minimum Gasteiger partial charge on any atom is -0.0654 e. The van der Waals surface area contributed by atoms with Gasteiger partial charge >= 0.3 is 1.43 Å². The van der Waals surface area contributed by atoms with E-state index in [9.17, 15) is 0 Å². The van der Waals surface area contributed by atoms with Gasteiger partial charge in [-0.05, 0) is 0 Å². The van der Waals surface area contributed by atoms with Crippen LogP contribution in [0.4, 0.5) is 0 Å². The Bertz CT molecular complexity index is 44.8. The standard InChI is InChI=1S/C10H22/c1-3-5-7-9-10-8-6-4-2/h3-10H2,1-2H3/p+1. The van der Waals surface area contributed by atoms with Gasteiger partial charge in [0.05, 0.1) is 0 Å². The van der Waals surface area contributed by atoms with Gasteiger partial charge in [-0.2, -0.15) is 0 Å². The summed E-state index contributed by atoms with van der Waals surface area (Å²) >= 11 is 0. The summed E-state index contributed by atoms with van der Waals surface area (Å²) in [6, 6.07) is 0. The van der Waals surface area contributed by atoms with E-state index in [-0.39, 0.29) is 1.43 Å². The minimum atomic E-state index is 0. The zero-order valence-corrected chi connectivity index (χ0v) is 7.66. The Hall–Kier alpha value is 0. The molecule has 0 N–H and O–H groups in total. The van der Waals surface area contributed by atoms with Gasteiger partial charge in [-0.25, -0.2) is 0 Å². The lowest BCUT2D eigenvalue weighted by atomic mass is 10.1. The predicted octanol–water partition coefficient (Wildman–Crippen LogP) is 4.26. The SMILES string of the molecule is CCCCCCCCCC.[H+]. The third kappa shape index (κ3) is 8.00. The largest absolute Gasteiger partial charge is 1.00 e. The molecule has 0 atom stereocenters. The Morgan fingerprint density at radius 2 is 0.900 bits per heavy atom. The third-order valence-electron chi connectivity index (χ3n) is 1.96. The second kappa shape index (κ2) is 9.00. The van der Waals surface area contributed by atoms with Gasteiger partial charge in [0.25, 0.3) is 0 Å². The molecule has 0 heteroatoms. The van der Waals surface area contributed by atoms with Crippen LogP contribution in [0.2, 0.25) is 0 Å². The van der Waals surface area contributed by atoms with E-state index in [1.165, 1.54) is 51.4 Å². The monoisotopic (exact) mass is 143 g/mol. The summed E-state index contributed by atoms with van der Waals surface area (Å²) in [4.78, 5) is 0. The first-order chi connectivity index (χ1) is 4.91. The highest BCUT2D eigenvalue weighted by atomic mass is 13.9. The molecule has 0 rings (SSSR count). The van der Waals surface area contributed by atoms with E-state index in [1.807, 2.05) is 0 Å². The summed E-state index contributed by atoms with van der Waals surface area (Å²) in [5.74, 6) is 0. The molecule has 0 heterocycles. The second-order valence-corrected chi connectivity index (χ2v) is 3.12. The Morgan fingerprint density at radius 3 is 1.20 bits per heavy atom. The topological polar surface area (TPSA) is 0 Å². The van der Waals surface area contributed by atoms with Crippen LogP contribution in [-0.2, 0) is 0 Å². The maximum atomic E-state index is 2.27. The molecule has 0 aliphatic carbocycles. The molecule has 0 aliphatic rings. The fraction of sp³-hybridized carbons (Fsp3) is 1.00. The fourth-order valence-electron chi connectivity index (χ4n) is 1.21. The highest BCUT2D eigenvalue weighted by Crippen LogP contribution is 2.07. The second-order valence-electron chi connectivity index (χ2n) is 3.12. The van der Waals surface area contributed by atoms with E-state index >= 15 is 0 Å². The van der Waals surface area contributed by atoms with Crippen LogP contribution in [0.5, 0.6) is 0 Å². The Morgan fingerprint density at radius 1 is 0.600 bits per heavy atom. The molecule has 0 amide bonds. The number of hydrogen-bond acceptors (Lipinski definition) is 0. The molecular weight excluding hydrogens is 120 g/mol. The maximum Gasteiger partial charge on any atom is 1.00 e. The van der Waals surface area contributed by atoms with Crippen molar-refractivity contribution in [1.29, 1.82) is 0 Å². The minimum absolute atomic E-state index is 0.